The second kappa shape index (κ2) is 3.13. The van der Waals surface area contributed by atoms with Gasteiger partial charge in [-0.1, -0.05) is 25.0 Å². The molecule has 2 atom stereocenters. The van der Waals surface area contributed by atoms with E-state index >= 15 is 0 Å². The van der Waals surface area contributed by atoms with E-state index in [1.54, 1.807) is 11.1 Å². The van der Waals surface area contributed by atoms with Crippen LogP contribution in [0.15, 0.2) is 11.1 Å². The molecule has 2 rings (SSSR count). The zero-order valence-electron chi connectivity index (χ0n) is 9.30. The summed E-state index contributed by atoms with van der Waals surface area (Å²) in [7, 11) is 2.29. The van der Waals surface area contributed by atoms with Crippen LogP contribution in [0, 0.1) is 5.92 Å². The molecule has 1 nitrogen and oxygen atoms in total. The van der Waals surface area contributed by atoms with Crippen LogP contribution in [0.4, 0.5) is 0 Å². The van der Waals surface area contributed by atoms with E-state index in [2.05, 4.69) is 32.7 Å². The summed E-state index contributed by atoms with van der Waals surface area (Å²) < 4.78 is 0. The highest BCUT2D eigenvalue weighted by molar-refractivity contribution is 5.27. The second-order valence-electron chi connectivity index (χ2n) is 4.98. The van der Waals surface area contributed by atoms with Gasteiger partial charge in [0, 0.05) is 12.1 Å². The highest BCUT2D eigenvalue weighted by Crippen LogP contribution is 2.40. The first-order valence-electron chi connectivity index (χ1n) is 5.52. The van der Waals surface area contributed by atoms with Gasteiger partial charge in [0.25, 0.3) is 0 Å². The molecule has 0 aliphatic carbocycles. The zero-order valence-corrected chi connectivity index (χ0v) is 9.30. The van der Waals surface area contributed by atoms with Gasteiger partial charge in [0.05, 0.1) is 0 Å². The average Bonchev–Trinajstić information content (AvgIpc) is 2.29. The summed E-state index contributed by atoms with van der Waals surface area (Å²) >= 11 is 0. The number of hydrogen-bond donors (Lipinski definition) is 0. The molecule has 1 fully saturated rings. The van der Waals surface area contributed by atoms with Crippen molar-refractivity contribution < 1.29 is 0 Å². The summed E-state index contributed by atoms with van der Waals surface area (Å²) in [5.74, 6) is 0.761. The van der Waals surface area contributed by atoms with Crippen LogP contribution >= 0.6 is 0 Å². The Morgan fingerprint density at radius 1 is 1.31 bits per heavy atom. The summed E-state index contributed by atoms with van der Waals surface area (Å²) in [6.45, 7) is 7.02. The molecule has 0 radical (unpaired) electrons. The molecule has 0 N–H and O–H groups in total. The number of hydrogen-bond acceptors (Lipinski definition) is 1. The standard InChI is InChI=1S/C12H21N/c1-8(2)11-7-10-5-6-12(9(11)3)13(10)4/h8,10,12H,5-7H2,1-4H3/t10-,12+/m1/s1. The predicted molar refractivity (Wildman–Crippen MR) is 56.7 cm³/mol. The largest absolute Gasteiger partial charge is 0.296 e. The first-order valence-corrected chi connectivity index (χ1v) is 5.52. The first kappa shape index (κ1) is 9.26. The minimum atomic E-state index is 0.761. The van der Waals surface area contributed by atoms with E-state index < -0.39 is 0 Å². The molecule has 1 heteroatoms. The first-order chi connectivity index (χ1) is 6.11. The van der Waals surface area contributed by atoms with E-state index in [1.165, 1.54) is 19.3 Å². The van der Waals surface area contributed by atoms with Gasteiger partial charge >= 0.3 is 0 Å². The van der Waals surface area contributed by atoms with Gasteiger partial charge < -0.3 is 0 Å². The fourth-order valence-electron chi connectivity index (χ4n) is 3.10. The Bertz CT molecular complexity index is 240. The van der Waals surface area contributed by atoms with Crippen LogP contribution < -0.4 is 0 Å². The lowest BCUT2D eigenvalue weighted by molar-refractivity contribution is 0.238. The van der Waals surface area contributed by atoms with E-state index in [1.807, 2.05) is 0 Å². The van der Waals surface area contributed by atoms with Crippen molar-refractivity contribution >= 4 is 0 Å². The van der Waals surface area contributed by atoms with Crippen molar-refractivity contribution in [3.8, 4) is 0 Å². The van der Waals surface area contributed by atoms with Crippen LogP contribution in [0.2, 0.25) is 0 Å². The van der Waals surface area contributed by atoms with Crippen molar-refractivity contribution in [3.05, 3.63) is 11.1 Å². The highest BCUT2D eigenvalue weighted by atomic mass is 15.2. The van der Waals surface area contributed by atoms with Gasteiger partial charge in [-0.2, -0.15) is 0 Å². The van der Waals surface area contributed by atoms with Crippen LogP contribution in [0.3, 0.4) is 0 Å². The molecule has 2 aliphatic rings. The van der Waals surface area contributed by atoms with E-state index in [9.17, 15) is 0 Å². The third-order valence-electron chi connectivity index (χ3n) is 4.00. The third kappa shape index (κ3) is 1.34. The van der Waals surface area contributed by atoms with Crippen LogP contribution in [0.5, 0.6) is 0 Å². The predicted octanol–water partition coefficient (Wildman–Crippen LogP) is 2.83. The molecule has 74 valence electrons. The molecular weight excluding hydrogens is 158 g/mol. The Morgan fingerprint density at radius 2 is 2.00 bits per heavy atom. The molecule has 2 bridgehead atoms. The second-order valence-corrected chi connectivity index (χ2v) is 4.98. The van der Waals surface area contributed by atoms with Crippen LogP contribution in [-0.2, 0) is 0 Å². The molecule has 0 aromatic heterocycles. The highest BCUT2D eigenvalue weighted by Gasteiger charge is 2.37. The molecule has 0 spiro atoms. The molecule has 0 aromatic rings. The summed E-state index contributed by atoms with van der Waals surface area (Å²) in [6, 6.07) is 1.63. The third-order valence-corrected chi connectivity index (χ3v) is 4.00. The summed E-state index contributed by atoms with van der Waals surface area (Å²) in [5, 5.41) is 0. The SMILES string of the molecule is CC1=C(C(C)C)C[C@H]2CC[C@@H]1N2C. The smallest absolute Gasteiger partial charge is 0.0308 e. The van der Waals surface area contributed by atoms with Gasteiger partial charge in [0.2, 0.25) is 0 Å². The summed E-state index contributed by atoms with van der Waals surface area (Å²) in [4.78, 5) is 2.58. The number of likely N-dealkylation sites (N-methyl/N-ethyl adjacent to an activating group) is 1. The lowest BCUT2D eigenvalue weighted by atomic mass is 9.87. The van der Waals surface area contributed by atoms with Gasteiger partial charge in [-0.15, -0.1) is 0 Å². The Morgan fingerprint density at radius 3 is 2.62 bits per heavy atom. The van der Waals surface area contributed by atoms with Crippen molar-refractivity contribution in [1.29, 1.82) is 0 Å². The minimum Gasteiger partial charge on any atom is -0.296 e. The zero-order chi connectivity index (χ0) is 9.59. The molecule has 0 amide bonds. The van der Waals surface area contributed by atoms with Crippen molar-refractivity contribution in [2.24, 2.45) is 5.92 Å². The van der Waals surface area contributed by atoms with Gasteiger partial charge in [-0.3, -0.25) is 4.90 Å². The molecule has 1 saturated heterocycles. The van der Waals surface area contributed by atoms with Crippen molar-refractivity contribution in [1.82, 2.24) is 4.90 Å². The quantitative estimate of drug-likeness (QED) is 0.559. The van der Waals surface area contributed by atoms with Crippen molar-refractivity contribution in [2.45, 2.75) is 52.1 Å². The molecule has 2 heterocycles. The molecule has 0 aromatic carbocycles. The topological polar surface area (TPSA) is 3.24 Å². The van der Waals surface area contributed by atoms with Crippen LogP contribution in [0.25, 0.3) is 0 Å². The number of fused-ring (bicyclic) bond motifs is 2. The van der Waals surface area contributed by atoms with Crippen LogP contribution in [-0.4, -0.2) is 24.0 Å². The monoisotopic (exact) mass is 179 g/mol. The Hall–Kier alpha value is -0.300. The Labute approximate surface area is 81.8 Å². The van der Waals surface area contributed by atoms with Gasteiger partial charge in [-0.05, 0) is 39.2 Å². The van der Waals surface area contributed by atoms with Gasteiger partial charge in [0.15, 0.2) is 0 Å². The molecule has 13 heavy (non-hydrogen) atoms. The fourth-order valence-corrected chi connectivity index (χ4v) is 3.10. The van der Waals surface area contributed by atoms with Crippen molar-refractivity contribution in [3.63, 3.8) is 0 Å². The number of nitrogens with zero attached hydrogens (tertiary/aromatic N) is 1. The van der Waals surface area contributed by atoms with Gasteiger partial charge in [0.1, 0.15) is 0 Å². The van der Waals surface area contributed by atoms with Crippen molar-refractivity contribution in [2.75, 3.05) is 7.05 Å². The maximum absolute atomic E-state index is 2.58. The molecular formula is C12H21N. The maximum Gasteiger partial charge on any atom is 0.0308 e. The molecule has 2 aliphatic heterocycles. The average molecular weight is 179 g/mol. The Balaban J connectivity index is 2.30. The molecule has 0 saturated carbocycles. The summed E-state index contributed by atoms with van der Waals surface area (Å²) in [5.41, 5.74) is 3.41. The lowest BCUT2D eigenvalue weighted by Gasteiger charge is -2.35. The molecule has 0 unspecified atom stereocenters. The Kier molecular flexibility index (Phi) is 2.23. The van der Waals surface area contributed by atoms with Crippen LogP contribution in [0.1, 0.15) is 40.0 Å². The van der Waals surface area contributed by atoms with E-state index in [4.69, 9.17) is 0 Å². The lowest BCUT2D eigenvalue weighted by Crippen LogP contribution is -2.38. The summed E-state index contributed by atoms with van der Waals surface area (Å²) in [6.07, 6.45) is 4.13. The fraction of sp³-hybridized carbons (Fsp3) is 0.833. The normalized spacial score (nSPS) is 34.8. The van der Waals surface area contributed by atoms with E-state index in [0.29, 0.717) is 0 Å². The number of rotatable bonds is 1. The van der Waals surface area contributed by atoms with E-state index in [0.717, 1.165) is 18.0 Å². The van der Waals surface area contributed by atoms with Gasteiger partial charge in [-0.25, -0.2) is 0 Å². The minimum absolute atomic E-state index is 0.761. The van der Waals surface area contributed by atoms with E-state index in [-0.39, 0.29) is 0 Å². The maximum atomic E-state index is 2.58.